The lowest BCUT2D eigenvalue weighted by molar-refractivity contribution is 0.102. The van der Waals surface area contributed by atoms with E-state index >= 15 is 0 Å². The van der Waals surface area contributed by atoms with Crippen LogP contribution in [-0.4, -0.2) is 15.9 Å². The number of amides is 1. The van der Waals surface area contributed by atoms with Gasteiger partial charge in [-0.05, 0) is 36.6 Å². The number of fused-ring (bicyclic) bond motifs is 2. The number of aromatic nitrogens is 2. The summed E-state index contributed by atoms with van der Waals surface area (Å²) in [6.45, 7) is 2.18. The third kappa shape index (κ3) is 3.61. The monoisotopic (exact) mass is 377 g/mol. The van der Waals surface area contributed by atoms with E-state index in [2.05, 4.69) is 34.3 Å². The molecule has 0 atom stereocenters. The van der Waals surface area contributed by atoms with Crippen molar-refractivity contribution < 1.29 is 4.79 Å². The molecule has 6 heteroatoms. The largest absolute Gasteiger partial charge is 0.322 e. The van der Waals surface area contributed by atoms with Gasteiger partial charge in [-0.1, -0.05) is 48.9 Å². The number of unbranched alkanes of at least 4 members (excludes halogenated alkanes) is 1. The molecule has 0 unspecified atom stereocenters. The maximum Gasteiger partial charge on any atom is 0.258 e. The maximum atomic E-state index is 12.8. The summed E-state index contributed by atoms with van der Waals surface area (Å²) in [5.41, 5.74) is 2.83. The number of nitrogens with zero attached hydrogens (tertiary/aromatic N) is 1. The molecule has 5 nitrogen and oxygen atoms in total. The Morgan fingerprint density at radius 1 is 1.19 bits per heavy atom. The Morgan fingerprint density at radius 3 is 2.89 bits per heavy atom. The standard InChI is InChI=1S/C21H19N3O2S/c1-2-3-6-13-9-10-17-18(11-13)27-21(23-17)24-20(26)15-12-19(25)22-16-8-5-4-7-14(15)16/h4-5,7-12H,2-3,6H2,1H3,(H,22,25)(H,23,24,26). The molecule has 0 aliphatic carbocycles. The van der Waals surface area contributed by atoms with Crippen LogP contribution in [0.2, 0.25) is 0 Å². The normalized spacial score (nSPS) is 11.1. The van der Waals surface area contributed by atoms with Gasteiger partial charge in [-0.3, -0.25) is 14.9 Å². The van der Waals surface area contributed by atoms with E-state index in [-0.39, 0.29) is 11.5 Å². The minimum Gasteiger partial charge on any atom is -0.322 e. The lowest BCUT2D eigenvalue weighted by Gasteiger charge is -2.05. The van der Waals surface area contributed by atoms with E-state index in [0.717, 1.165) is 29.5 Å². The number of aryl methyl sites for hydroxylation is 1. The number of carbonyl (C=O) groups is 1. The molecule has 27 heavy (non-hydrogen) atoms. The highest BCUT2D eigenvalue weighted by atomic mass is 32.1. The molecule has 0 saturated heterocycles. The van der Waals surface area contributed by atoms with E-state index in [0.29, 0.717) is 21.6 Å². The molecule has 0 fully saturated rings. The summed E-state index contributed by atoms with van der Waals surface area (Å²) in [4.78, 5) is 31.9. The summed E-state index contributed by atoms with van der Waals surface area (Å²) in [5.74, 6) is -0.331. The van der Waals surface area contributed by atoms with Crippen LogP contribution in [0.4, 0.5) is 5.13 Å². The molecule has 0 aliphatic rings. The second kappa shape index (κ2) is 7.32. The first-order valence-corrected chi connectivity index (χ1v) is 9.78. The first-order valence-electron chi connectivity index (χ1n) is 8.97. The summed E-state index contributed by atoms with van der Waals surface area (Å²) in [7, 11) is 0. The van der Waals surface area contributed by atoms with Gasteiger partial charge >= 0.3 is 0 Å². The van der Waals surface area contributed by atoms with Crippen LogP contribution in [0.5, 0.6) is 0 Å². The van der Waals surface area contributed by atoms with Gasteiger partial charge in [0.1, 0.15) is 0 Å². The second-order valence-electron chi connectivity index (χ2n) is 6.47. The molecule has 4 aromatic rings. The molecule has 136 valence electrons. The predicted molar refractivity (Wildman–Crippen MR) is 111 cm³/mol. The molecule has 2 aromatic heterocycles. The van der Waals surface area contributed by atoms with E-state index in [9.17, 15) is 9.59 Å². The fourth-order valence-corrected chi connectivity index (χ4v) is 4.04. The third-order valence-corrected chi connectivity index (χ3v) is 5.42. The fraction of sp³-hybridized carbons (Fsp3) is 0.190. The van der Waals surface area contributed by atoms with Crippen molar-refractivity contribution in [3.05, 3.63) is 70.0 Å². The minimum absolute atomic E-state index is 0.302. The Hall–Kier alpha value is -2.99. The summed E-state index contributed by atoms with van der Waals surface area (Å²) < 4.78 is 1.05. The van der Waals surface area contributed by atoms with Gasteiger partial charge in [0, 0.05) is 17.0 Å². The van der Waals surface area contributed by atoms with E-state index in [4.69, 9.17) is 0 Å². The van der Waals surface area contributed by atoms with E-state index in [1.165, 1.54) is 23.0 Å². The van der Waals surface area contributed by atoms with Crippen LogP contribution in [0.25, 0.3) is 21.1 Å². The summed E-state index contributed by atoms with van der Waals surface area (Å²) in [5, 5.41) is 4.09. The van der Waals surface area contributed by atoms with E-state index in [1.54, 1.807) is 6.07 Å². The van der Waals surface area contributed by atoms with Gasteiger partial charge < -0.3 is 4.98 Å². The first kappa shape index (κ1) is 17.4. The molecule has 1 amide bonds. The number of hydrogen-bond donors (Lipinski definition) is 2. The van der Waals surface area contributed by atoms with Gasteiger partial charge in [-0.2, -0.15) is 0 Å². The van der Waals surface area contributed by atoms with Crippen molar-refractivity contribution in [2.24, 2.45) is 0 Å². The number of thiazole rings is 1. The van der Waals surface area contributed by atoms with Crippen molar-refractivity contribution in [2.75, 3.05) is 5.32 Å². The third-order valence-electron chi connectivity index (χ3n) is 4.49. The zero-order chi connectivity index (χ0) is 18.8. The van der Waals surface area contributed by atoms with Gasteiger partial charge in [-0.15, -0.1) is 0 Å². The molecule has 0 radical (unpaired) electrons. The van der Waals surface area contributed by atoms with Crippen LogP contribution in [0.15, 0.2) is 53.3 Å². The number of pyridine rings is 1. The average Bonchev–Trinajstić information content (AvgIpc) is 3.06. The topological polar surface area (TPSA) is 74.8 Å². The van der Waals surface area contributed by atoms with Gasteiger partial charge in [-0.25, -0.2) is 4.98 Å². The SMILES string of the molecule is CCCCc1ccc2nc(NC(=O)c3cc(=O)[nH]c4ccccc34)sc2c1. The highest BCUT2D eigenvalue weighted by molar-refractivity contribution is 7.22. The molecular weight excluding hydrogens is 358 g/mol. The van der Waals surface area contributed by atoms with Crippen LogP contribution in [0.3, 0.4) is 0 Å². The highest BCUT2D eigenvalue weighted by Gasteiger charge is 2.14. The van der Waals surface area contributed by atoms with Crippen molar-refractivity contribution in [1.29, 1.82) is 0 Å². The van der Waals surface area contributed by atoms with Gasteiger partial charge in [0.2, 0.25) is 5.56 Å². The second-order valence-corrected chi connectivity index (χ2v) is 7.50. The zero-order valence-electron chi connectivity index (χ0n) is 14.9. The predicted octanol–water partition coefficient (Wildman–Crippen LogP) is 4.73. The number of rotatable bonds is 5. The quantitative estimate of drug-likeness (QED) is 0.528. The number of nitrogens with one attached hydrogen (secondary N) is 2. The molecule has 0 aliphatic heterocycles. The number of carbonyl (C=O) groups excluding carboxylic acids is 1. The molecule has 0 spiro atoms. The summed E-state index contributed by atoms with van der Waals surface area (Å²) in [6.07, 6.45) is 3.36. The molecule has 2 heterocycles. The molecule has 2 aromatic carbocycles. The number of anilines is 1. The summed E-state index contributed by atoms with van der Waals surface area (Å²) in [6, 6.07) is 14.8. The number of para-hydroxylation sites is 1. The van der Waals surface area contributed by atoms with Gasteiger partial charge in [0.05, 0.1) is 15.8 Å². The van der Waals surface area contributed by atoms with Crippen molar-refractivity contribution in [1.82, 2.24) is 9.97 Å². The average molecular weight is 377 g/mol. The van der Waals surface area contributed by atoms with E-state index < -0.39 is 0 Å². The van der Waals surface area contributed by atoms with Crippen molar-refractivity contribution in [3.63, 3.8) is 0 Å². The van der Waals surface area contributed by atoms with Crippen LogP contribution < -0.4 is 10.9 Å². The lowest BCUT2D eigenvalue weighted by atomic mass is 10.1. The maximum absolute atomic E-state index is 12.8. The van der Waals surface area contributed by atoms with Crippen LogP contribution >= 0.6 is 11.3 Å². The van der Waals surface area contributed by atoms with E-state index in [1.807, 2.05) is 24.3 Å². The van der Waals surface area contributed by atoms with Crippen molar-refractivity contribution in [2.45, 2.75) is 26.2 Å². The Kier molecular flexibility index (Phi) is 4.73. The first-order chi connectivity index (χ1) is 13.1. The summed E-state index contributed by atoms with van der Waals surface area (Å²) >= 11 is 1.45. The fourth-order valence-electron chi connectivity index (χ4n) is 3.12. The highest BCUT2D eigenvalue weighted by Crippen LogP contribution is 2.28. The number of benzene rings is 2. The Balaban J connectivity index is 1.64. The number of hydrogen-bond acceptors (Lipinski definition) is 4. The molecule has 0 saturated carbocycles. The minimum atomic E-state index is -0.331. The Bertz CT molecular complexity index is 1190. The van der Waals surface area contributed by atoms with Crippen LogP contribution in [-0.2, 0) is 6.42 Å². The van der Waals surface area contributed by atoms with Crippen LogP contribution in [0.1, 0.15) is 35.7 Å². The van der Waals surface area contributed by atoms with Gasteiger partial charge in [0.25, 0.3) is 5.91 Å². The van der Waals surface area contributed by atoms with Crippen LogP contribution in [0, 0.1) is 0 Å². The Morgan fingerprint density at radius 2 is 2.04 bits per heavy atom. The number of H-pyrrole nitrogens is 1. The molecule has 2 N–H and O–H groups in total. The van der Waals surface area contributed by atoms with Crippen molar-refractivity contribution >= 4 is 43.5 Å². The number of aromatic amines is 1. The molecular formula is C21H19N3O2S. The lowest BCUT2D eigenvalue weighted by Crippen LogP contribution is -2.16. The smallest absolute Gasteiger partial charge is 0.258 e. The Labute approximate surface area is 160 Å². The van der Waals surface area contributed by atoms with Gasteiger partial charge in [0.15, 0.2) is 5.13 Å². The zero-order valence-corrected chi connectivity index (χ0v) is 15.7. The molecule has 0 bridgehead atoms. The molecule has 4 rings (SSSR count). The van der Waals surface area contributed by atoms with Crippen molar-refractivity contribution in [3.8, 4) is 0 Å².